The van der Waals surface area contributed by atoms with Crippen molar-refractivity contribution in [2.45, 2.75) is 34.1 Å². The van der Waals surface area contributed by atoms with Crippen molar-refractivity contribution in [2.24, 2.45) is 11.3 Å². The van der Waals surface area contributed by atoms with Crippen LogP contribution in [0.3, 0.4) is 0 Å². The zero-order valence-corrected chi connectivity index (χ0v) is 12.0. The van der Waals surface area contributed by atoms with Crippen molar-refractivity contribution in [3.63, 3.8) is 0 Å². The molecule has 2 aromatic rings. The van der Waals surface area contributed by atoms with E-state index in [1.807, 2.05) is 12.1 Å². The highest BCUT2D eigenvalue weighted by atomic mass is 16.5. The summed E-state index contributed by atoms with van der Waals surface area (Å²) in [4.78, 5) is 4.02. The van der Waals surface area contributed by atoms with Crippen LogP contribution in [0.1, 0.15) is 33.5 Å². The van der Waals surface area contributed by atoms with E-state index in [1.54, 1.807) is 12.4 Å². The first-order valence-electron chi connectivity index (χ1n) is 6.54. The van der Waals surface area contributed by atoms with Crippen LogP contribution in [0.15, 0.2) is 29.0 Å². The quantitative estimate of drug-likeness (QED) is 0.915. The van der Waals surface area contributed by atoms with Crippen molar-refractivity contribution in [1.82, 2.24) is 10.1 Å². The number of anilines is 1. The van der Waals surface area contributed by atoms with Crippen LogP contribution >= 0.6 is 0 Å². The van der Waals surface area contributed by atoms with Crippen LogP contribution in [-0.4, -0.2) is 10.1 Å². The predicted molar refractivity (Wildman–Crippen MR) is 76.5 cm³/mol. The molecular weight excluding hydrogens is 238 g/mol. The van der Waals surface area contributed by atoms with E-state index in [4.69, 9.17) is 10.3 Å². The van der Waals surface area contributed by atoms with Crippen LogP contribution in [0.4, 0.5) is 5.82 Å². The molecule has 102 valence electrons. The minimum absolute atomic E-state index is 0.219. The summed E-state index contributed by atoms with van der Waals surface area (Å²) in [5, 5.41) is 3.91. The molecule has 0 spiro atoms. The molecule has 0 aliphatic heterocycles. The lowest BCUT2D eigenvalue weighted by atomic mass is 9.79. The molecule has 2 aromatic heterocycles. The maximum atomic E-state index is 5.93. The van der Waals surface area contributed by atoms with Gasteiger partial charge in [0.1, 0.15) is 5.76 Å². The molecule has 0 radical (unpaired) electrons. The van der Waals surface area contributed by atoms with Gasteiger partial charge in [0.15, 0.2) is 5.82 Å². The van der Waals surface area contributed by atoms with Crippen LogP contribution in [0.25, 0.3) is 11.1 Å². The van der Waals surface area contributed by atoms with Crippen molar-refractivity contribution < 1.29 is 4.52 Å². The Morgan fingerprint density at radius 1 is 1.26 bits per heavy atom. The van der Waals surface area contributed by atoms with E-state index < -0.39 is 0 Å². The van der Waals surface area contributed by atoms with E-state index in [2.05, 4.69) is 37.8 Å². The summed E-state index contributed by atoms with van der Waals surface area (Å²) >= 11 is 0. The fourth-order valence-corrected chi connectivity index (χ4v) is 1.89. The summed E-state index contributed by atoms with van der Waals surface area (Å²) in [5.41, 5.74) is 8.06. The Labute approximate surface area is 114 Å². The summed E-state index contributed by atoms with van der Waals surface area (Å²) in [5.74, 6) is 1.77. The van der Waals surface area contributed by atoms with Gasteiger partial charge in [-0.3, -0.25) is 4.98 Å². The lowest BCUT2D eigenvalue weighted by Gasteiger charge is -2.26. The predicted octanol–water partition coefficient (Wildman–Crippen LogP) is 3.54. The average Bonchev–Trinajstić information content (AvgIpc) is 2.70. The maximum absolute atomic E-state index is 5.93. The summed E-state index contributed by atoms with van der Waals surface area (Å²) in [7, 11) is 0. The number of hydrogen-bond donors (Lipinski definition) is 1. The summed E-state index contributed by atoms with van der Waals surface area (Å²) in [6, 6.07) is 3.85. The van der Waals surface area contributed by atoms with E-state index in [1.165, 1.54) is 0 Å². The monoisotopic (exact) mass is 259 g/mol. The fraction of sp³-hybridized carbons (Fsp3) is 0.467. The minimum atomic E-state index is 0.219. The van der Waals surface area contributed by atoms with Crippen molar-refractivity contribution in [3.05, 3.63) is 30.3 Å². The average molecular weight is 259 g/mol. The zero-order valence-electron chi connectivity index (χ0n) is 12.0. The molecule has 2 heterocycles. The number of nitrogen functional groups attached to an aromatic ring is 1. The highest BCUT2D eigenvalue weighted by Gasteiger charge is 2.25. The van der Waals surface area contributed by atoms with Crippen molar-refractivity contribution in [3.8, 4) is 11.1 Å². The highest BCUT2D eigenvalue weighted by molar-refractivity contribution is 5.75. The van der Waals surface area contributed by atoms with Gasteiger partial charge >= 0.3 is 0 Å². The molecule has 0 saturated heterocycles. The van der Waals surface area contributed by atoms with Gasteiger partial charge in [-0.1, -0.05) is 32.9 Å². The van der Waals surface area contributed by atoms with Gasteiger partial charge in [0.2, 0.25) is 0 Å². The van der Waals surface area contributed by atoms with E-state index >= 15 is 0 Å². The molecule has 0 aliphatic carbocycles. The third-order valence-electron chi connectivity index (χ3n) is 3.73. The van der Waals surface area contributed by atoms with Crippen LogP contribution in [-0.2, 0) is 6.42 Å². The fourth-order valence-electron chi connectivity index (χ4n) is 1.89. The first-order chi connectivity index (χ1) is 8.89. The molecule has 0 amide bonds. The molecule has 2 N–H and O–H groups in total. The molecule has 19 heavy (non-hydrogen) atoms. The third kappa shape index (κ3) is 2.95. The smallest absolute Gasteiger partial charge is 0.175 e. The molecular formula is C15H21N3O. The molecule has 0 bridgehead atoms. The van der Waals surface area contributed by atoms with Crippen molar-refractivity contribution in [2.75, 3.05) is 5.73 Å². The third-order valence-corrected chi connectivity index (χ3v) is 3.73. The van der Waals surface area contributed by atoms with Crippen LogP contribution in [0, 0.1) is 11.3 Å². The Hall–Kier alpha value is -1.84. The molecule has 2 rings (SSSR count). The lowest BCUT2D eigenvalue weighted by Crippen LogP contribution is -2.19. The molecule has 0 fully saturated rings. The van der Waals surface area contributed by atoms with Gasteiger partial charge < -0.3 is 10.3 Å². The number of nitrogens with two attached hydrogens (primary N) is 1. The summed E-state index contributed by atoms with van der Waals surface area (Å²) in [6.07, 6.45) is 4.32. The number of pyridine rings is 1. The van der Waals surface area contributed by atoms with Gasteiger partial charge in [-0.2, -0.15) is 0 Å². The van der Waals surface area contributed by atoms with E-state index in [-0.39, 0.29) is 5.41 Å². The van der Waals surface area contributed by atoms with E-state index in [9.17, 15) is 0 Å². The Morgan fingerprint density at radius 2 is 1.89 bits per heavy atom. The zero-order chi connectivity index (χ0) is 14.0. The second-order valence-corrected chi connectivity index (χ2v) is 6.07. The first kappa shape index (κ1) is 13.6. The first-order valence-corrected chi connectivity index (χ1v) is 6.54. The standard InChI is InChI=1S/C15H21N3O/c1-10(15(2,3)4)9-12-13(14(16)18-19-12)11-5-7-17-8-6-11/h5-8,10H,9H2,1-4H3,(H2,16,18). The second kappa shape index (κ2) is 5.03. The Kier molecular flexibility index (Phi) is 3.60. The molecule has 4 heteroatoms. The van der Waals surface area contributed by atoms with Crippen LogP contribution in [0.2, 0.25) is 0 Å². The van der Waals surface area contributed by atoms with Gasteiger partial charge in [-0.05, 0) is 29.0 Å². The molecule has 4 nitrogen and oxygen atoms in total. The number of hydrogen-bond acceptors (Lipinski definition) is 4. The molecule has 1 unspecified atom stereocenters. The summed E-state index contributed by atoms with van der Waals surface area (Å²) < 4.78 is 5.42. The molecule has 1 atom stereocenters. The largest absolute Gasteiger partial charge is 0.380 e. The molecule has 0 aromatic carbocycles. The maximum Gasteiger partial charge on any atom is 0.175 e. The van der Waals surface area contributed by atoms with Gasteiger partial charge in [0.05, 0.1) is 5.56 Å². The normalized spacial score (nSPS) is 13.5. The SMILES string of the molecule is CC(Cc1onc(N)c1-c1ccncc1)C(C)(C)C. The van der Waals surface area contributed by atoms with Gasteiger partial charge in [0, 0.05) is 18.8 Å². The Morgan fingerprint density at radius 3 is 2.47 bits per heavy atom. The number of nitrogens with zero attached hydrogens (tertiary/aromatic N) is 2. The number of rotatable bonds is 3. The topological polar surface area (TPSA) is 64.9 Å². The second-order valence-electron chi connectivity index (χ2n) is 6.07. The highest BCUT2D eigenvalue weighted by Crippen LogP contribution is 2.34. The van der Waals surface area contributed by atoms with Crippen LogP contribution < -0.4 is 5.73 Å². The Balaban J connectivity index is 2.34. The Bertz CT molecular complexity index is 540. The van der Waals surface area contributed by atoms with Crippen LogP contribution in [0.5, 0.6) is 0 Å². The van der Waals surface area contributed by atoms with E-state index in [0.717, 1.165) is 23.3 Å². The van der Waals surface area contributed by atoms with E-state index in [0.29, 0.717) is 11.7 Å². The minimum Gasteiger partial charge on any atom is -0.380 e. The number of aromatic nitrogens is 2. The molecule has 0 saturated carbocycles. The van der Waals surface area contributed by atoms with Gasteiger partial charge in [0.25, 0.3) is 0 Å². The van der Waals surface area contributed by atoms with Crippen molar-refractivity contribution >= 4 is 5.82 Å². The van der Waals surface area contributed by atoms with Gasteiger partial charge in [-0.25, -0.2) is 0 Å². The molecule has 0 aliphatic rings. The van der Waals surface area contributed by atoms with Gasteiger partial charge in [-0.15, -0.1) is 0 Å². The van der Waals surface area contributed by atoms with Crippen molar-refractivity contribution in [1.29, 1.82) is 0 Å². The lowest BCUT2D eigenvalue weighted by molar-refractivity contribution is 0.240. The summed E-state index contributed by atoms with van der Waals surface area (Å²) in [6.45, 7) is 8.89.